The lowest BCUT2D eigenvalue weighted by molar-refractivity contribution is -0.384. The third-order valence-electron chi connectivity index (χ3n) is 2.44. The first-order valence-corrected chi connectivity index (χ1v) is 5.17. The molecule has 1 rings (SSSR count). The van der Waals surface area contributed by atoms with E-state index in [4.69, 9.17) is 10.8 Å². The molecule has 0 aromatic carbocycles. The molecule has 1 aromatic rings. The van der Waals surface area contributed by atoms with Gasteiger partial charge in [-0.1, -0.05) is 6.92 Å². The summed E-state index contributed by atoms with van der Waals surface area (Å²) in [6.45, 7) is 1.80. The summed E-state index contributed by atoms with van der Waals surface area (Å²) in [5, 5.41) is 19.4. The number of nitrogens with two attached hydrogens (primary N) is 1. The Labute approximate surface area is 103 Å². The smallest absolute Gasteiger partial charge is 0.311 e. The zero-order chi connectivity index (χ0) is 13.9. The molecule has 0 aliphatic rings. The number of carbonyl (C=O) groups is 1. The van der Waals surface area contributed by atoms with E-state index < -0.39 is 16.8 Å². The van der Waals surface area contributed by atoms with Crippen LogP contribution in [0.4, 0.5) is 17.3 Å². The molecule has 1 heterocycles. The van der Waals surface area contributed by atoms with Gasteiger partial charge >= 0.3 is 11.7 Å². The van der Waals surface area contributed by atoms with Crippen molar-refractivity contribution in [3.63, 3.8) is 0 Å². The summed E-state index contributed by atoms with van der Waals surface area (Å²) >= 11 is 0. The van der Waals surface area contributed by atoms with Gasteiger partial charge in [0.15, 0.2) is 0 Å². The van der Waals surface area contributed by atoms with E-state index in [0.29, 0.717) is 5.82 Å². The van der Waals surface area contributed by atoms with E-state index in [1.54, 1.807) is 18.9 Å². The Morgan fingerprint density at radius 1 is 1.67 bits per heavy atom. The molecule has 0 amide bonds. The lowest BCUT2D eigenvalue weighted by Crippen LogP contribution is -2.29. The molecule has 8 heteroatoms. The molecule has 1 unspecified atom stereocenters. The van der Waals surface area contributed by atoms with Crippen molar-refractivity contribution in [3.8, 4) is 0 Å². The van der Waals surface area contributed by atoms with Crippen LogP contribution in [0, 0.1) is 16.0 Å². The Morgan fingerprint density at radius 2 is 2.28 bits per heavy atom. The number of nitro groups is 1. The third-order valence-corrected chi connectivity index (χ3v) is 2.44. The fourth-order valence-corrected chi connectivity index (χ4v) is 1.41. The van der Waals surface area contributed by atoms with Gasteiger partial charge in [-0.15, -0.1) is 0 Å². The fourth-order valence-electron chi connectivity index (χ4n) is 1.41. The van der Waals surface area contributed by atoms with Gasteiger partial charge in [0, 0.05) is 19.7 Å². The lowest BCUT2D eigenvalue weighted by Gasteiger charge is -2.20. The van der Waals surface area contributed by atoms with Crippen LogP contribution in [-0.4, -0.2) is 34.6 Å². The van der Waals surface area contributed by atoms with E-state index in [0.717, 1.165) is 0 Å². The number of rotatable bonds is 5. The average molecular weight is 254 g/mol. The van der Waals surface area contributed by atoms with Gasteiger partial charge in [-0.3, -0.25) is 14.9 Å². The van der Waals surface area contributed by atoms with Crippen molar-refractivity contribution in [3.05, 3.63) is 22.2 Å². The number of carboxylic acid groups (broad SMARTS) is 1. The molecular formula is C10H14N4O4. The number of hydrogen-bond acceptors (Lipinski definition) is 6. The number of hydrogen-bond donors (Lipinski definition) is 2. The van der Waals surface area contributed by atoms with Gasteiger partial charge in [0.25, 0.3) is 0 Å². The molecule has 0 aliphatic carbocycles. The van der Waals surface area contributed by atoms with Gasteiger partial charge in [-0.25, -0.2) is 4.98 Å². The molecule has 3 N–H and O–H groups in total. The second kappa shape index (κ2) is 5.30. The largest absolute Gasteiger partial charge is 0.481 e. The molecule has 0 aliphatic heterocycles. The molecule has 0 saturated heterocycles. The highest BCUT2D eigenvalue weighted by atomic mass is 16.6. The molecular weight excluding hydrogens is 240 g/mol. The maximum absolute atomic E-state index is 10.7. The van der Waals surface area contributed by atoms with Crippen LogP contribution in [0.1, 0.15) is 6.92 Å². The highest BCUT2D eigenvalue weighted by Crippen LogP contribution is 2.22. The second-order valence-electron chi connectivity index (χ2n) is 3.95. The summed E-state index contributed by atoms with van der Waals surface area (Å²) in [4.78, 5) is 26.1. The number of pyridine rings is 1. The second-order valence-corrected chi connectivity index (χ2v) is 3.95. The van der Waals surface area contributed by atoms with Crippen molar-refractivity contribution in [2.45, 2.75) is 6.92 Å². The highest BCUT2D eigenvalue weighted by molar-refractivity contribution is 5.70. The number of aromatic nitrogens is 1. The van der Waals surface area contributed by atoms with E-state index in [-0.39, 0.29) is 18.1 Å². The van der Waals surface area contributed by atoms with Gasteiger partial charge in [0.1, 0.15) is 5.82 Å². The first kappa shape index (κ1) is 13.7. The average Bonchev–Trinajstić information content (AvgIpc) is 2.27. The van der Waals surface area contributed by atoms with Crippen molar-refractivity contribution in [2.75, 3.05) is 24.2 Å². The van der Waals surface area contributed by atoms with Crippen LogP contribution < -0.4 is 10.6 Å². The van der Waals surface area contributed by atoms with Crippen LogP contribution >= 0.6 is 0 Å². The topological polar surface area (TPSA) is 123 Å². The minimum absolute atomic E-state index is 0.188. The van der Waals surface area contributed by atoms with E-state index in [2.05, 4.69) is 4.98 Å². The molecule has 0 radical (unpaired) electrons. The number of anilines is 2. The third kappa shape index (κ3) is 3.06. The molecule has 8 nitrogen and oxygen atoms in total. The van der Waals surface area contributed by atoms with Crippen molar-refractivity contribution in [2.24, 2.45) is 5.92 Å². The van der Waals surface area contributed by atoms with Gasteiger partial charge < -0.3 is 15.7 Å². The Balaban J connectivity index is 2.88. The minimum atomic E-state index is -0.920. The van der Waals surface area contributed by atoms with Crippen LogP contribution in [0.2, 0.25) is 0 Å². The predicted molar refractivity (Wildman–Crippen MR) is 65.4 cm³/mol. The van der Waals surface area contributed by atoms with Crippen molar-refractivity contribution in [1.29, 1.82) is 0 Å². The van der Waals surface area contributed by atoms with Gasteiger partial charge in [-0.05, 0) is 6.07 Å². The summed E-state index contributed by atoms with van der Waals surface area (Å²) in [7, 11) is 1.65. The molecule has 1 aromatic heterocycles. The van der Waals surface area contributed by atoms with Crippen molar-refractivity contribution >= 4 is 23.3 Å². The van der Waals surface area contributed by atoms with Gasteiger partial charge in [-0.2, -0.15) is 0 Å². The molecule has 18 heavy (non-hydrogen) atoms. The lowest BCUT2D eigenvalue weighted by atomic mass is 10.2. The first-order chi connectivity index (χ1) is 8.32. The van der Waals surface area contributed by atoms with Crippen molar-refractivity contribution in [1.82, 2.24) is 4.98 Å². The standard InChI is InChI=1S/C10H14N4O4/c1-6(10(15)16)5-13(2)8-4-3-7(14(17)18)9(11)12-8/h3-4,6H,5H2,1-2H3,(H2,11,12)(H,15,16). The Hall–Kier alpha value is -2.38. The summed E-state index contributed by atoms with van der Waals surface area (Å²) < 4.78 is 0. The van der Waals surface area contributed by atoms with Gasteiger partial charge in [0.05, 0.1) is 10.8 Å². The first-order valence-electron chi connectivity index (χ1n) is 5.17. The predicted octanol–water partition coefficient (Wildman–Crippen LogP) is 0.729. The molecule has 98 valence electrons. The van der Waals surface area contributed by atoms with Crippen LogP contribution in [0.3, 0.4) is 0 Å². The van der Waals surface area contributed by atoms with E-state index in [9.17, 15) is 14.9 Å². The molecule has 0 fully saturated rings. The number of aliphatic carboxylic acids is 1. The number of nitrogen functional groups attached to an aromatic ring is 1. The Bertz CT molecular complexity index is 477. The number of carboxylic acids is 1. The SMILES string of the molecule is CC(CN(C)c1ccc([N+](=O)[O-])c(N)n1)C(=O)O. The Morgan fingerprint density at radius 3 is 2.72 bits per heavy atom. The zero-order valence-electron chi connectivity index (χ0n) is 10.0. The molecule has 0 saturated carbocycles. The quantitative estimate of drug-likeness (QED) is 0.586. The summed E-state index contributed by atoms with van der Waals surface area (Å²) in [6.07, 6.45) is 0. The van der Waals surface area contributed by atoms with Crippen LogP contribution in [0.5, 0.6) is 0 Å². The molecule has 0 bridgehead atoms. The minimum Gasteiger partial charge on any atom is -0.481 e. The summed E-state index contributed by atoms with van der Waals surface area (Å²) in [5.74, 6) is -1.29. The summed E-state index contributed by atoms with van der Waals surface area (Å²) in [6, 6.07) is 2.68. The van der Waals surface area contributed by atoms with E-state index >= 15 is 0 Å². The maximum atomic E-state index is 10.7. The maximum Gasteiger partial charge on any atom is 0.311 e. The van der Waals surface area contributed by atoms with Crippen LogP contribution in [0.25, 0.3) is 0 Å². The number of nitrogens with zero attached hydrogens (tertiary/aromatic N) is 3. The highest BCUT2D eigenvalue weighted by Gasteiger charge is 2.17. The van der Waals surface area contributed by atoms with E-state index in [1.807, 2.05) is 0 Å². The zero-order valence-corrected chi connectivity index (χ0v) is 10.0. The van der Waals surface area contributed by atoms with Gasteiger partial charge in [0.2, 0.25) is 5.82 Å². The molecule has 1 atom stereocenters. The van der Waals surface area contributed by atoms with Crippen LogP contribution in [-0.2, 0) is 4.79 Å². The molecule has 0 spiro atoms. The summed E-state index contributed by atoms with van der Waals surface area (Å²) in [5.41, 5.74) is 5.19. The van der Waals surface area contributed by atoms with E-state index in [1.165, 1.54) is 12.1 Å². The van der Waals surface area contributed by atoms with Crippen molar-refractivity contribution < 1.29 is 14.8 Å². The Kier molecular flexibility index (Phi) is 4.03. The van der Waals surface area contributed by atoms with Crippen LogP contribution in [0.15, 0.2) is 12.1 Å². The monoisotopic (exact) mass is 254 g/mol. The fraction of sp³-hybridized carbons (Fsp3) is 0.400. The normalized spacial score (nSPS) is 11.9.